The zero-order valence-electron chi connectivity index (χ0n) is 15.6. The topological polar surface area (TPSA) is 72.5 Å². The number of aliphatic hydroxyl groups is 1. The molecule has 2 fully saturated rings. The molecule has 3 heterocycles. The number of carbonyl (C=O) groups excluding carboxylic acids is 1. The Hall–Kier alpha value is -1.40. The monoisotopic (exact) mass is 348 g/mol. The molecule has 0 bridgehead atoms. The Morgan fingerprint density at radius 2 is 1.84 bits per heavy atom. The predicted molar refractivity (Wildman–Crippen MR) is 97.3 cm³/mol. The first-order chi connectivity index (χ1) is 12.1. The van der Waals surface area contributed by atoms with Gasteiger partial charge in [-0.2, -0.15) is 5.10 Å². The number of likely N-dealkylation sites (tertiary alicyclic amines) is 2. The van der Waals surface area contributed by atoms with E-state index in [0.29, 0.717) is 18.9 Å². The summed E-state index contributed by atoms with van der Waals surface area (Å²) < 4.78 is 0. The lowest BCUT2D eigenvalue weighted by Crippen LogP contribution is -2.35. The SMILES string of the molecule is Cc1n[nH]c(C)c1CC(=O)N1C[C@@H](CN2CCCCCC2)[C@@H](CO)C1. The Morgan fingerprint density at radius 1 is 1.16 bits per heavy atom. The molecular weight excluding hydrogens is 316 g/mol. The Balaban J connectivity index is 1.59. The van der Waals surface area contributed by atoms with Crippen LogP contribution in [0.1, 0.15) is 42.6 Å². The lowest BCUT2D eigenvalue weighted by Gasteiger charge is -2.26. The van der Waals surface area contributed by atoms with Crippen molar-refractivity contribution in [2.75, 3.05) is 39.3 Å². The zero-order valence-corrected chi connectivity index (χ0v) is 15.6. The van der Waals surface area contributed by atoms with Crippen molar-refractivity contribution >= 4 is 5.91 Å². The molecule has 0 radical (unpaired) electrons. The summed E-state index contributed by atoms with van der Waals surface area (Å²) in [5.74, 6) is 0.752. The van der Waals surface area contributed by atoms with E-state index in [4.69, 9.17) is 0 Å². The highest BCUT2D eigenvalue weighted by Gasteiger charge is 2.36. The third-order valence-electron chi connectivity index (χ3n) is 5.96. The van der Waals surface area contributed by atoms with Crippen molar-refractivity contribution in [1.82, 2.24) is 20.0 Å². The molecule has 6 nitrogen and oxygen atoms in total. The van der Waals surface area contributed by atoms with E-state index in [0.717, 1.165) is 43.1 Å². The highest BCUT2D eigenvalue weighted by atomic mass is 16.3. The maximum atomic E-state index is 12.8. The molecule has 0 aliphatic carbocycles. The van der Waals surface area contributed by atoms with Gasteiger partial charge < -0.3 is 14.9 Å². The summed E-state index contributed by atoms with van der Waals surface area (Å²) >= 11 is 0. The van der Waals surface area contributed by atoms with Crippen LogP contribution in [-0.4, -0.2) is 70.3 Å². The minimum Gasteiger partial charge on any atom is -0.396 e. The quantitative estimate of drug-likeness (QED) is 0.846. The van der Waals surface area contributed by atoms with Crippen molar-refractivity contribution in [3.8, 4) is 0 Å². The summed E-state index contributed by atoms with van der Waals surface area (Å²) in [7, 11) is 0. The van der Waals surface area contributed by atoms with Gasteiger partial charge in [-0.05, 0) is 45.7 Å². The van der Waals surface area contributed by atoms with Crippen LogP contribution < -0.4 is 0 Å². The first-order valence-electron chi connectivity index (χ1n) is 9.70. The Kier molecular flexibility index (Phi) is 6.12. The van der Waals surface area contributed by atoms with Crippen molar-refractivity contribution in [3.63, 3.8) is 0 Å². The number of carbonyl (C=O) groups is 1. The average Bonchev–Trinajstić information content (AvgIpc) is 3.02. The van der Waals surface area contributed by atoms with Crippen molar-refractivity contribution in [3.05, 3.63) is 17.0 Å². The van der Waals surface area contributed by atoms with Crippen molar-refractivity contribution in [2.24, 2.45) is 11.8 Å². The van der Waals surface area contributed by atoms with Gasteiger partial charge in [-0.3, -0.25) is 9.89 Å². The largest absolute Gasteiger partial charge is 0.396 e. The number of aliphatic hydroxyl groups excluding tert-OH is 1. The number of hydrogen-bond donors (Lipinski definition) is 2. The van der Waals surface area contributed by atoms with Crippen LogP contribution in [0.15, 0.2) is 0 Å². The number of amides is 1. The minimum atomic E-state index is 0.157. The molecule has 3 rings (SSSR count). The normalized spacial score (nSPS) is 25.3. The van der Waals surface area contributed by atoms with Gasteiger partial charge in [-0.25, -0.2) is 0 Å². The van der Waals surface area contributed by atoms with Gasteiger partial charge in [0, 0.05) is 43.4 Å². The van der Waals surface area contributed by atoms with Gasteiger partial charge in [-0.1, -0.05) is 12.8 Å². The van der Waals surface area contributed by atoms with Crippen LogP contribution in [0.4, 0.5) is 0 Å². The number of nitrogens with one attached hydrogen (secondary N) is 1. The zero-order chi connectivity index (χ0) is 17.8. The number of aromatic nitrogens is 2. The van der Waals surface area contributed by atoms with Gasteiger partial charge in [0.05, 0.1) is 12.1 Å². The molecule has 6 heteroatoms. The van der Waals surface area contributed by atoms with E-state index in [2.05, 4.69) is 15.1 Å². The van der Waals surface area contributed by atoms with Crippen molar-refractivity contribution in [1.29, 1.82) is 0 Å². The third-order valence-corrected chi connectivity index (χ3v) is 5.96. The van der Waals surface area contributed by atoms with Crippen LogP contribution >= 0.6 is 0 Å². The van der Waals surface area contributed by atoms with Gasteiger partial charge in [0.15, 0.2) is 0 Å². The Morgan fingerprint density at radius 3 is 2.44 bits per heavy atom. The molecule has 2 aliphatic heterocycles. The second-order valence-electron chi connectivity index (χ2n) is 7.81. The maximum absolute atomic E-state index is 12.8. The molecule has 2 saturated heterocycles. The van der Waals surface area contributed by atoms with Crippen LogP contribution in [0.2, 0.25) is 0 Å². The summed E-state index contributed by atoms with van der Waals surface area (Å²) in [4.78, 5) is 17.3. The van der Waals surface area contributed by atoms with Crippen LogP contribution in [0.25, 0.3) is 0 Å². The van der Waals surface area contributed by atoms with Gasteiger partial charge in [0.25, 0.3) is 0 Å². The molecule has 2 atom stereocenters. The third kappa shape index (κ3) is 4.42. The molecule has 0 aromatic carbocycles. The fourth-order valence-electron chi connectivity index (χ4n) is 4.30. The molecule has 0 unspecified atom stereocenters. The van der Waals surface area contributed by atoms with Gasteiger partial charge in [0.1, 0.15) is 0 Å². The molecule has 0 saturated carbocycles. The van der Waals surface area contributed by atoms with Crippen LogP contribution in [0, 0.1) is 25.7 Å². The van der Waals surface area contributed by atoms with Crippen LogP contribution in [-0.2, 0) is 11.2 Å². The average molecular weight is 348 g/mol. The number of nitrogens with zero attached hydrogens (tertiary/aromatic N) is 3. The standard InChI is InChI=1S/C19H32N4O2/c1-14-18(15(2)21-20-14)9-19(25)23-11-16(17(12-23)13-24)10-22-7-5-3-4-6-8-22/h16-17,24H,3-13H2,1-2H3,(H,20,21)/t16-,17-/m1/s1. The number of H-pyrrole nitrogens is 1. The molecule has 1 amide bonds. The molecule has 140 valence electrons. The van der Waals surface area contributed by atoms with E-state index in [1.165, 1.54) is 25.7 Å². The van der Waals surface area contributed by atoms with E-state index >= 15 is 0 Å². The van der Waals surface area contributed by atoms with Crippen LogP contribution in [0.3, 0.4) is 0 Å². The van der Waals surface area contributed by atoms with Crippen molar-refractivity contribution < 1.29 is 9.90 Å². The van der Waals surface area contributed by atoms with Gasteiger partial charge >= 0.3 is 0 Å². The summed E-state index contributed by atoms with van der Waals surface area (Å²) in [5, 5.41) is 16.9. The molecule has 0 spiro atoms. The lowest BCUT2D eigenvalue weighted by atomic mass is 9.96. The second-order valence-corrected chi connectivity index (χ2v) is 7.81. The minimum absolute atomic E-state index is 0.157. The van der Waals surface area contributed by atoms with E-state index in [1.807, 2.05) is 18.7 Å². The first-order valence-corrected chi connectivity index (χ1v) is 9.70. The highest BCUT2D eigenvalue weighted by molar-refractivity contribution is 5.79. The molecule has 2 aliphatic rings. The number of aromatic amines is 1. The molecule has 25 heavy (non-hydrogen) atoms. The van der Waals surface area contributed by atoms with E-state index in [1.54, 1.807) is 0 Å². The molecular formula is C19H32N4O2. The molecule has 1 aromatic rings. The number of hydrogen-bond acceptors (Lipinski definition) is 4. The Labute approximate surface area is 150 Å². The lowest BCUT2D eigenvalue weighted by molar-refractivity contribution is -0.129. The second kappa shape index (κ2) is 8.32. The first kappa shape index (κ1) is 18.4. The molecule has 1 aromatic heterocycles. The van der Waals surface area contributed by atoms with E-state index in [9.17, 15) is 9.90 Å². The number of aryl methyl sites for hydroxylation is 2. The maximum Gasteiger partial charge on any atom is 0.227 e. The highest BCUT2D eigenvalue weighted by Crippen LogP contribution is 2.26. The summed E-state index contributed by atoms with van der Waals surface area (Å²) in [6, 6.07) is 0. The van der Waals surface area contributed by atoms with E-state index < -0.39 is 0 Å². The summed E-state index contributed by atoms with van der Waals surface area (Å²) in [6.07, 6.45) is 5.62. The summed E-state index contributed by atoms with van der Waals surface area (Å²) in [6.45, 7) is 8.87. The van der Waals surface area contributed by atoms with E-state index in [-0.39, 0.29) is 18.4 Å². The predicted octanol–water partition coefficient (Wildman–Crippen LogP) is 1.51. The number of rotatable bonds is 5. The summed E-state index contributed by atoms with van der Waals surface area (Å²) in [5.41, 5.74) is 2.90. The fraction of sp³-hybridized carbons (Fsp3) is 0.789. The Bertz CT molecular complexity index is 558. The smallest absolute Gasteiger partial charge is 0.227 e. The van der Waals surface area contributed by atoms with Crippen LogP contribution in [0.5, 0.6) is 0 Å². The van der Waals surface area contributed by atoms with Crippen molar-refractivity contribution in [2.45, 2.75) is 46.0 Å². The fourth-order valence-corrected chi connectivity index (χ4v) is 4.30. The van der Waals surface area contributed by atoms with Gasteiger partial charge in [-0.15, -0.1) is 0 Å². The van der Waals surface area contributed by atoms with Gasteiger partial charge in [0.2, 0.25) is 5.91 Å². The molecule has 2 N–H and O–H groups in total.